The first-order chi connectivity index (χ1) is 6.13. The van der Waals surface area contributed by atoms with E-state index in [1.54, 1.807) is 0 Å². The molecule has 1 atom stereocenters. The van der Waals surface area contributed by atoms with E-state index >= 15 is 0 Å². The van der Waals surface area contributed by atoms with Gasteiger partial charge in [-0.15, -0.1) is 0 Å². The molecule has 1 unspecified atom stereocenters. The van der Waals surface area contributed by atoms with Crippen molar-refractivity contribution in [3.63, 3.8) is 0 Å². The van der Waals surface area contributed by atoms with Crippen molar-refractivity contribution in [2.24, 2.45) is 0 Å². The number of halogens is 1. The molecular formula is C9H11IO3. The summed E-state index contributed by atoms with van der Waals surface area (Å²) in [6.45, 7) is 2.42. The summed E-state index contributed by atoms with van der Waals surface area (Å²) < 4.78 is 7.03. The van der Waals surface area contributed by atoms with Crippen molar-refractivity contribution in [1.82, 2.24) is 0 Å². The van der Waals surface area contributed by atoms with E-state index in [0.717, 1.165) is 11.1 Å². The quantitative estimate of drug-likeness (QED) is 0.794. The van der Waals surface area contributed by atoms with Crippen LogP contribution in [0.15, 0.2) is 21.3 Å². The Labute approximate surface area is 90.6 Å². The molecule has 1 saturated heterocycles. The van der Waals surface area contributed by atoms with Gasteiger partial charge in [0, 0.05) is 6.42 Å². The largest absolute Gasteiger partial charge is 0.479 e. The molecule has 1 aliphatic heterocycles. The molecule has 0 radical (unpaired) electrons. The molecule has 4 heteroatoms. The molecule has 0 aromatic rings. The van der Waals surface area contributed by atoms with Crippen LogP contribution in [0.4, 0.5) is 0 Å². The molecule has 0 aromatic heterocycles. The topological polar surface area (TPSA) is 46.5 Å². The van der Waals surface area contributed by atoms with E-state index in [9.17, 15) is 4.79 Å². The minimum atomic E-state index is -0.875. The highest BCUT2D eigenvalue weighted by molar-refractivity contribution is 14.1. The number of carbonyl (C=O) groups is 1. The van der Waals surface area contributed by atoms with E-state index in [1.165, 1.54) is 0 Å². The first-order valence-corrected chi connectivity index (χ1v) is 5.19. The fraction of sp³-hybridized carbons (Fsp3) is 0.444. The summed E-state index contributed by atoms with van der Waals surface area (Å²) in [6.07, 6.45) is 1.85. The van der Waals surface area contributed by atoms with Gasteiger partial charge in [0.15, 0.2) is 6.10 Å². The summed E-state index contributed by atoms with van der Waals surface area (Å²) in [6, 6.07) is 0. The summed E-state index contributed by atoms with van der Waals surface area (Å²) in [4.78, 5) is 10.5. The number of hydrogen-bond donors (Lipinski definition) is 1. The molecule has 1 N–H and O–H groups in total. The summed E-state index contributed by atoms with van der Waals surface area (Å²) >= 11 is 2.15. The second kappa shape index (κ2) is 4.76. The number of allylic oxidation sites excluding steroid dienone is 2. The van der Waals surface area contributed by atoms with Gasteiger partial charge in [-0.25, -0.2) is 4.79 Å². The van der Waals surface area contributed by atoms with Crippen LogP contribution in [-0.2, 0) is 9.53 Å². The number of hydrogen-bond acceptors (Lipinski definition) is 2. The fourth-order valence-electron chi connectivity index (χ4n) is 1.18. The first kappa shape index (κ1) is 10.7. The Bertz CT molecular complexity index is 268. The molecule has 3 nitrogen and oxygen atoms in total. The van der Waals surface area contributed by atoms with Crippen molar-refractivity contribution >= 4 is 28.6 Å². The molecule has 0 aliphatic carbocycles. The smallest absolute Gasteiger partial charge is 0.333 e. The van der Waals surface area contributed by atoms with Crippen LogP contribution in [0.25, 0.3) is 0 Å². The molecule has 1 fully saturated rings. The van der Waals surface area contributed by atoms with Crippen LogP contribution < -0.4 is 0 Å². The zero-order valence-electron chi connectivity index (χ0n) is 7.29. The minimum Gasteiger partial charge on any atom is -0.479 e. The molecule has 1 aliphatic rings. The number of rotatable bonds is 2. The van der Waals surface area contributed by atoms with Crippen LogP contribution >= 0.6 is 22.6 Å². The van der Waals surface area contributed by atoms with Crippen LogP contribution in [0, 0.1) is 0 Å². The lowest BCUT2D eigenvalue weighted by Crippen LogP contribution is -2.17. The second-order valence-corrected chi connectivity index (χ2v) is 3.62. The third kappa shape index (κ3) is 3.11. The predicted octanol–water partition coefficient (Wildman–Crippen LogP) is 2.13. The van der Waals surface area contributed by atoms with Gasteiger partial charge in [-0.3, -0.25) is 0 Å². The van der Waals surface area contributed by atoms with Crippen LogP contribution in [0.2, 0.25) is 0 Å². The van der Waals surface area contributed by atoms with Crippen molar-refractivity contribution < 1.29 is 14.6 Å². The molecule has 72 valence electrons. The van der Waals surface area contributed by atoms with Gasteiger partial charge in [-0.05, 0) is 22.2 Å². The molecule has 0 spiro atoms. The Morgan fingerprint density at radius 1 is 1.77 bits per heavy atom. The lowest BCUT2D eigenvalue weighted by atomic mass is 10.1. The Balaban J connectivity index is 2.59. The Hall–Kier alpha value is -0.360. The zero-order chi connectivity index (χ0) is 9.84. The van der Waals surface area contributed by atoms with Crippen molar-refractivity contribution in [2.75, 3.05) is 6.61 Å². The van der Waals surface area contributed by atoms with Crippen molar-refractivity contribution in [2.45, 2.75) is 19.4 Å². The Morgan fingerprint density at radius 2 is 2.46 bits per heavy atom. The number of ether oxygens (including phenoxy) is 1. The molecule has 0 aromatic carbocycles. The Kier molecular flexibility index (Phi) is 3.92. The fourth-order valence-corrected chi connectivity index (χ4v) is 1.36. The maximum Gasteiger partial charge on any atom is 0.333 e. The highest BCUT2D eigenvalue weighted by atomic mass is 127. The number of carboxylic acid groups (broad SMARTS) is 1. The maximum atomic E-state index is 10.5. The first-order valence-electron chi connectivity index (χ1n) is 3.94. The second-order valence-electron chi connectivity index (χ2n) is 3.00. The van der Waals surface area contributed by atoms with Crippen molar-refractivity contribution in [3.05, 3.63) is 21.3 Å². The summed E-state index contributed by atoms with van der Waals surface area (Å²) in [5, 5.41) is 8.65. The van der Waals surface area contributed by atoms with Crippen LogP contribution in [0.3, 0.4) is 0 Å². The molecule has 0 bridgehead atoms. The standard InChI is InChI=1S/C9H11IO3/c1-6(4-10)2-7-3-8(9(11)12)13-5-7/h2,4,8H,3,5H2,1H3,(H,11,12)/b6-4-,7-2-. The van der Waals surface area contributed by atoms with Gasteiger partial charge in [0.05, 0.1) is 6.61 Å². The Morgan fingerprint density at radius 3 is 2.92 bits per heavy atom. The molecule has 1 rings (SSSR count). The SMILES string of the molecule is CC(=C/I)/C=C1\COC(C(=O)O)C1. The summed E-state index contributed by atoms with van der Waals surface area (Å²) in [5.41, 5.74) is 2.18. The van der Waals surface area contributed by atoms with Gasteiger partial charge in [0.1, 0.15) is 0 Å². The molecule has 13 heavy (non-hydrogen) atoms. The lowest BCUT2D eigenvalue weighted by Gasteiger charge is -1.98. The third-order valence-electron chi connectivity index (χ3n) is 1.80. The van der Waals surface area contributed by atoms with Crippen molar-refractivity contribution in [3.8, 4) is 0 Å². The van der Waals surface area contributed by atoms with Crippen LogP contribution in [0.1, 0.15) is 13.3 Å². The van der Waals surface area contributed by atoms with E-state index < -0.39 is 12.1 Å². The van der Waals surface area contributed by atoms with Crippen LogP contribution in [-0.4, -0.2) is 23.8 Å². The predicted molar refractivity (Wildman–Crippen MR) is 57.9 cm³/mol. The minimum absolute atomic E-state index is 0.443. The van der Waals surface area contributed by atoms with Gasteiger partial charge in [0.25, 0.3) is 0 Å². The van der Waals surface area contributed by atoms with Gasteiger partial charge in [-0.1, -0.05) is 28.7 Å². The van der Waals surface area contributed by atoms with E-state index in [1.807, 2.05) is 17.1 Å². The third-order valence-corrected chi connectivity index (χ3v) is 2.78. The molecule has 1 heterocycles. The van der Waals surface area contributed by atoms with E-state index in [4.69, 9.17) is 9.84 Å². The molecule has 0 saturated carbocycles. The lowest BCUT2D eigenvalue weighted by molar-refractivity contribution is -0.147. The molecular weight excluding hydrogens is 283 g/mol. The van der Waals surface area contributed by atoms with Crippen LogP contribution in [0.5, 0.6) is 0 Å². The van der Waals surface area contributed by atoms with E-state index in [-0.39, 0.29) is 0 Å². The monoisotopic (exact) mass is 294 g/mol. The van der Waals surface area contributed by atoms with Crippen molar-refractivity contribution in [1.29, 1.82) is 0 Å². The number of carboxylic acids is 1. The van der Waals surface area contributed by atoms with E-state index in [2.05, 4.69) is 22.6 Å². The average Bonchev–Trinajstić information content (AvgIpc) is 2.52. The van der Waals surface area contributed by atoms with Gasteiger partial charge in [-0.2, -0.15) is 0 Å². The summed E-state index contributed by atoms with van der Waals surface area (Å²) in [7, 11) is 0. The zero-order valence-corrected chi connectivity index (χ0v) is 9.45. The van der Waals surface area contributed by atoms with Gasteiger partial charge < -0.3 is 9.84 Å². The highest BCUT2D eigenvalue weighted by Gasteiger charge is 2.25. The average molecular weight is 294 g/mol. The normalized spacial score (nSPS) is 26.8. The molecule has 0 amide bonds. The summed E-state index contributed by atoms with van der Waals surface area (Å²) in [5.74, 6) is -0.875. The highest BCUT2D eigenvalue weighted by Crippen LogP contribution is 2.20. The number of aliphatic carboxylic acids is 1. The van der Waals surface area contributed by atoms with Gasteiger partial charge >= 0.3 is 5.97 Å². The van der Waals surface area contributed by atoms with E-state index in [0.29, 0.717) is 13.0 Å². The van der Waals surface area contributed by atoms with Gasteiger partial charge in [0.2, 0.25) is 0 Å². The maximum absolute atomic E-state index is 10.5.